The number of hydrogen-bond acceptors (Lipinski definition) is 5. The zero-order valence-electron chi connectivity index (χ0n) is 18.4. The van der Waals surface area contributed by atoms with Gasteiger partial charge >= 0.3 is 0 Å². The number of hydrogen-bond donors (Lipinski definition) is 2. The first-order valence-corrected chi connectivity index (χ1v) is 11.4. The Labute approximate surface area is 188 Å². The van der Waals surface area contributed by atoms with E-state index in [1.165, 1.54) is 45.6 Å². The molecule has 0 aliphatic heterocycles. The molecular weight excluding hydrogens is 402 g/mol. The van der Waals surface area contributed by atoms with Crippen LogP contribution in [0.25, 0.3) is 0 Å². The molecular formula is C26H29N3O3. The van der Waals surface area contributed by atoms with Crippen LogP contribution >= 0.6 is 0 Å². The largest absolute Gasteiger partial charge is 0.493 e. The highest BCUT2D eigenvalue weighted by Crippen LogP contribution is 2.56. The van der Waals surface area contributed by atoms with Crippen molar-refractivity contribution in [1.29, 1.82) is 5.26 Å². The van der Waals surface area contributed by atoms with Crippen molar-refractivity contribution >= 4 is 17.3 Å². The molecule has 4 fully saturated rings. The van der Waals surface area contributed by atoms with Crippen LogP contribution in [-0.2, 0) is 4.79 Å². The maximum absolute atomic E-state index is 12.7. The summed E-state index contributed by atoms with van der Waals surface area (Å²) in [6.07, 6.45) is 7.91. The standard InChI is InChI=1S/C26H29N3O3/c1-31-24-11-17(15-27)6-7-23(24)32-16-25(30)28-21-4-2-3-5-22(21)29-26-12-18-8-19(13-26)10-20(9-18)14-26/h2-7,11,18-20,29H,8-10,12-14,16H2,1H3,(H,28,30). The number of anilines is 2. The molecule has 6 heteroatoms. The SMILES string of the molecule is COc1cc(C#N)ccc1OCC(=O)Nc1ccccc1NC12CC3CC(CC(C3)C1)C2. The number of rotatable bonds is 7. The van der Waals surface area contributed by atoms with Crippen LogP contribution in [0.4, 0.5) is 11.4 Å². The minimum atomic E-state index is -0.240. The molecule has 4 aliphatic rings. The number of ether oxygens (including phenoxy) is 2. The highest BCUT2D eigenvalue weighted by Gasteiger charge is 2.51. The zero-order chi connectivity index (χ0) is 22.1. The summed E-state index contributed by atoms with van der Waals surface area (Å²) < 4.78 is 10.9. The predicted octanol–water partition coefficient (Wildman–Crippen LogP) is 4.97. The van der Waals surface area contributed by atoms with E-state index in [0.29, 0.717) is 17.1 Å². The van der Waals surface area contributed by atoms with Gasteiger partial charge in [-0.05, 0) is 80.5 Å². The fraction of sp³-hybridized carbons (Fsp3) is 0.462. The number of carbonyl (C=O) groups excluding carboxylic acids is 1. The lowest BCUT2D eigenvalue weighted by Gasteiger charge is -2.57. The molecule has 0 spiro atoms. The van der Waals surface area contributed by atoms with E-state index in [1.54, 1.807) is 18.2 Å². The summed E-state index contributed by atoms with van der Waals surface area (Å²) in [7, 11) is 1.51. The highest BCUT2D eigenvalue weighted by atomic mass is 16.5. The van der Waals surface area contributed by atoms with Gasteiger partial charge in [-0.15, -0.1) is 0 Å². The average molecular weight is 432 g/mol. The maximum atomic E-state index is 12.7. The molecule has 4 bridgehead atoms. The first-order chi connectivity index (χ1) is 15.6. The smallest absolute Gasteiger partial charge is 0.262 e. The third-order valence-electron chi connectivity index (χ3n) is 7.29. The number of para-hydroxylation sites is 2. The molecule has 2 aromatic rings. The monoisotopic (exact) mass is 431 g/mol. The predicted molar refractivity (Wildman–Crippen MR) is 123 cm³/mol. The number of methoxy groups -OCH3 is 1. The fourth-order valence-electron chi connectivity index (χ4n) is 6.44. The molecule has 0 atom stereocenters. The molecule has 6 nitrogen and oxygen atoms in total. The summed E-state index contributed by atoms with van der Waals surface area (Å²) in [5, 5.41) is 15.9. The van der Waals surface area contributed by atoms with E-state index in [1.807, 2.05) is 18.2 Å². The van der Waals surface area contributed by atoms with E-state index in [0.717, 1.165) is 29.1 Å². The summed E-state index contributed by atoms with van der Waals surface area (Å²) in [6, 6.07) is 14.9. The van der Waals surface area contributed by atoms with Crippen molar-refractivity contribution in [1.82, 2.24) is 0 Å². The minimum absolute atomic E-state index is 0.145. The van der Waals surface area contributed by atoms with Gasteiger partial charge in [0.05, 0.1) is 30.1 Å². The van der Waals surface area contributed by atoms with Crippen molar-refractivity contribution in [3.63, 3.8) is 0 Å². The van der Waals surface area contributed by atoms with Crippen LogP contribution < -0.4 is 20.1 Å². The van der Waals surface area contributed by atoms with Crippen LogP contribution in [0.3, 0.4) is 0 Å². The Balaban J connectivity index is 1.25. The van der Waals surface area contributed by atoms with Crippen LogP contribution in [0.15, 0.2) is 42.5 Å². The Morgan fingerprint density at radius 1 is 1.03 bits per heavy atom. The Kier molecular flexibility index (Phi) is 5.42. The second kappa shape index (κ2) is 8.38. The molecule has 0 radical (unpaired) electrons. The van der Waals surface area contributed by atoms with E-state index in [4.69, 9.17) is 14.7 Å². The van der Waals surface area contributed by atoms with Gasteiger partial charge in [0, 0.05) is 11.6 Å². The van der Waals surface area contributed by atoms with E-state index >= 15 is 0 Å². The van der Waals surface area contributed by atoms with Gasteiger partial charge in [-0.1, -0.05) is 12.1 Å². The topological polar surface area (TPSA) is 83.4 Å². The van der Waals surface area contributed by atoms with Crippen molar-refractivity contribution in [3.8, 4) is 17.6 Å². The van der Waals surface area contributed by atoms with Gasteiger partial charge in [-0.25, -0.2) is 0 Å². The number of benzene rings is 2. The Hall–Kier alpha value is -3.20. The van der Waals surface area contributed by atoms with Gasteiger partial charge in [-0.3, -0.25) is 4.79 Å². The minimum Gasteiger partial charge on any atom is -0.493 e. The second-order valence-corrected chi connectivity index (χ2v) is 9.68. The van der Waals surface area contributed by atoms with E-state index < -0.39 is 0 Å². The van der Waals surface area contributed by atoms with Gasteiger partial charge in [0.2, 0.25) is 0 Å². The molecule has 0 aromatic heterocycles. The molecule has 2 N–H and O–H groups in total. The third-order valence-corrected chi connectivity index (χ3v) is 7.29. The highest BCUT2D eigenvalue weighted by molar-refractivity contribution is 5.95. The maximum Gasteiger partial charge on any atom is 0.262 e. The van der Waals surface area contributed by atoms with Crippen molar-refractivity contribution in [2.24, 2.45) is 17.8 Å². The summed E-state index contributed by atoms with van der Waals surface area (Å²) in [5.41, 5.74) is 2.41. The quantitative estimate of drug-likeness (QED) is 0.647. The van der Waals surface area contributed by atoms with E-state index in [-0.39, 0.29) is 18.1 Å². The molecule has 0 heterocycles. The fourth-order valence-corrected chi connectivity index (χ4v) is 6.44. The molecule has 4 aliphatic carbocycles. The van der Waals surface area contributed by atoms with E-state index in [2.05, 4.69) is 22.8 Å². The van der Waals surface area contributed by atoms with Gasteiger partial charge in [0.1, 0.15) is 0 Å². The van der Waals surface area contributed by atoms with Crippen molar-refractivity contribution < 1.29 is 14.3 Å². The van der Waals surface area contributed by atoms with Gasteiger partial charge in [0.25, 0.3) is 5.91 Å². The lowest BCUT2D eigenvalue weighted by atomic mass is 9.53. The summed E-state index contributed by atoms with van der Waals surface area (Å²) in [4.78, 5) is 12.7. The molecule has 2 aromatic carbocycles. The van der Waals surface area contributed by atoms with Gasteiger partial charge in [0.15, 0.2) is 18.1 Å². The summed E-state index contributed by atoms with van der Waals surface area (Å²) in [5.74, 6) is 3.18. The van der Waals surface area contributed by atoms with Gasteiger partial charge < -0.3 is 20.1 Å². The summed E-state index contributed by atoms with van der Waals surface area (Å²) in [6.45, 7) is -0.145. The van der Waals surface area contributed by atoms with Crippen molar-refractivity contribution in [2.75, 3.05) is 24.4 Å². The second-order valence-electron chi connectivity index (χ2n) is 9.68. The van der Waals surface area contributed by atoms with Crippen LogP contribution in [0.5, 0.6) is 11.5 Å². The molecule has 166 valence electrons. The van der Waals surface area contributed by atoms with Crippen LogP contribution in [0.2, 0.25) is 0 Å². The molecule has 6 rings (SSSR count). The van der Waals surface area contributed by atoms with Crippen molar-refractivity contribution in [3.05, 3.63) is 48.0 Å². The van der Waals surface area contributed by atoms with Crippen molar-refractivity contribution in [2.45, 2.75) is 44.1 Å². The Bertz CT molecular complexity index is 1020. The zero-order valence-corrected chi connectivity index (χ0v) is 18.4. The Morgan fingerprint density at radius 2 is 1.69 bits per heavy atom. The molecule has 32 heavy (non-hydrogen) atoms. The average Bonchev–Trinajstić information content (AvgIpc) is 2.77. The third kappa shape index (κ3) is 4.12. The van der Waals surface area contributed by atoms with Crippen LogP contribution in [0, 0.1) is 29.1 Å². The van der Waals surface area contributed by atoms with Crippen LogP contribution in [0.1, 0.15) is 44.1 Å². The lowest BCUT2D eigenvalue weighted by molar-refractivity contribution is -0.118. The number of nitrogens with one attached hydrogen (secondary N) is 2. The molecule has 4 saturated carbocycles. The van der Waals surface area contributed by atoms with Crippen LogP contribution in [-0.4, -0.2) is 25.2 Å². The first-order valence-electron chi connectivity index (χ1n) is 11.4. The first kappa shape index (κ1) is 20.7. The number of nitriles is 1. The lowest BCUT2D eigenvalue weighted by Crippen LogP contribution is -2.54. The van der Waals surface area contributed by atoms with E-state index in [9.17, 15) is 4.79 Å². The molecule has 0 unspecified atom stereocenters. The number of amides is 1. The number of carbonyl (C=O) groups is 1. The normalized spacial score (nSPS) is 27.4. The Morgan fingerprint density at radius 3 is 2.31 bits per heavy atom. The molecule has 0 saturated heterocycles. The van der Waals surface area contributed by atoms with Gasteiger partial charge in [-0.2, -0.15) is 5.26 Å². The molecule has 1 amide bonds. The summed E-state index contributed by atoms with van der Waals surface area (Å²) >= 11 is 0. The number of nitrogens with zero attached hydrogens (tertiary/aromatic N) is 1.